The van der Waals surface area contributed by atoms with Gasteiger partial charge in [0, 0.05) is 0 Å². The van der Waals surface area contributed by atoms with Crippen LogP contribution in [0.3, 0.4) is 0 Å². The first-order valence-corrected chi connectivity index (χ1v) is 3.34. The van der Waals surface area contributed by atoms with Gasteiger partial charge in [0.25, 0.3) is 0 Å². The normalized spacial score (nSPS) is 16.0. The van der Waals surface area contributed by atoms with Gasteiger partial charge in [-0.25, -0.2) is 4.99 Å². The van der Waals surface area contributed by atoms with Gasteiger partial charge in [0.2, 0.25) is 0 Å². The van der Waals surface area contributed by atoms with E-state index in [1.807, 2.05) is 18.2 Å². The lowest BCUT2D eigenvalue weighted by molar-refractivity contribution is 1.21. The third kappa shape index (κ3) is 2.29. The van der Waals surface area contributed by atoms with E-state index in [0.29, 0.717) is 0 Å². The fourth-order valence-electron chi connectivity index (χ4n) is 0.866. The lowest BCUT2D eigenvalue weighted by Crippen LogP contribution is -2.22. The summed E-state index contributed by atoms with van der Waals surface area (Å²) in [4.78, 5) is 3.87. The number of allylic oxidation sites excluding steroid dienone is 4. The monoisotopic (exact) mass is 149 g/mol. The molecule has 58 valence electrons. The number of rotatable bonds is 1. The molecule has 0 unspecified atom stereocenters. The Hall–Kier alpha value is -1.51. The van der Waals surface area contributed by atoms with Crippen molar-refractivity contribution in [2.75, 3.05) is 0 Å². The van der Waals surface area contributed by atoms with E-state index in [2.05, 4.69) is 11.6 Å². The Morgan fingerprint density at radius 3 is 2.82 bits per heavy atom. The maximum absolute atomic E-state index is 5.19. The zero-order valence-electron chi connectivity index (χ0n) is 6.25. The summed E-state index contributed by atoms with van der Waals surface area (Å²) in [5, 5.41) is 0. The second-order valence-corrected chi connectivity index (χ2v) is 2.37. The van der Waals surface area contributed by atoms with Crippen LogP contribution in [0.15, 0.2) is 41.1 Å². The summed E-state index contributed by atoms with van der Waals surface area (Å²) >= 11 is 0. The molecule has 0 fully saturated rings. The summed E-state index contributed by atoms with van der Waals surface area (Å²) in [5.41, 5.74) is 12.2. The van der Waals surface area contributed by atoms with Gasteiger partial charge in [-0.2, -0.15) is 0 Å². The molecule has 0 bridgehead atoms. The molecule has 0 aliphatic heterocycles. The van der Waals surface area contributed by atoms with Gasteiger partial charge in [0.15, 0.2) is 5.96 Å². The molecule has 0 radical (unpaired) electrons. The Labute approximate surface area is 65.8 Å². The van der Waals surface area contributed by atoms with Crippen molar-refractivity contribution < 1.29 is 0 Å². The average Bonchev–Trinajstić information content (AvgIpc) is 1.85. The summed E-state index contributed by atoms with van der Waals surface area (Å²) in [6.45, 7) is 3.79. The van der Waals surface area contributed by atoms with Crippen molar-refractivity contribution in [2.24, 2.45) is 16.5 Å². The van der Waals surface area contributed by atoms with Gasteiger partial charge in [-0.05, 0) is 24.1 Å². The molecule has 0 saturated carbocycles. The fourth-order valence-corrected chi connectivity index (χ4v) is 0.866. The SMILES string of the molecule is C=C1C=C(N=C(N)N)C=CC1. The van der Waals surface area contributed by atoms with Crippen LogP contribution >= 0.6 is 0 Å². The molecule has 4 N–H and O–H groups in total. The molecule has 0 atom stereocenters. The van der Waals surface area contributed by atoms with E-state index in [1.165, 1.54) is 0 Å². The van der Waals surface area contributed by atoms with Crippen LogP contribution in [0, 0.1) is 0 Å². The average molecular weight is 149 g/mol. The third-order valence-electron chi connectivity index (χ3n) is 1.28. The molecular formula is C8H11N3. The van der Waals surface area contributed by atoms with E-state index in [9.17, 15) is 0 Å². The predicted octanol–water partition coefficient (Wildman–Crippen LogP) is 0.660. The van der Waals surface area contributed by atoms with Gasteiger partial charge in [-0.15, -0.1) is 0 Å². The summed E-state index contributed by atoms with van der Waals surface area (Å²) in [5.74, 6) is 0.0793. The standard InChI is InChI=1S/C8H11N3/c1-6-3-2-4-7(5-6)11-8(9)10/h2,4-5H,1,3H2,(H4,9,10,11). The summed E-state index contributed by atoms with van der Waals surface area (Å²) < 4.78 is 0. The van der Waals surface area contributed by atoms with Crippen LogP contribution in [0.4, 0.5) is 0 Å². The molecule has 0 spiro atoms. The van der Waals surface area contributed by atoms with Crippen LogP contribution in [-0.2, 0) is 0 Å². The molecule has 1 aliphatic carbocycles. The maximum atomic E-state index is 5.19. The first-order valence-electron chi connectivity index (χ1n) is 3.34. The minimum absolute atomic E-state index is 0.0793. The topological polar surface area (TPSA) is 64.4 Å². The number of hydrogen-bond donors (Lipinski definition) is 2. The Kier molecular flexibility index (Phi) is 2.11. The Morgan fingerprint density at radius 2 is 2.27 bits per heavy atom. The van der Waals surface area contributed by atoms with Crippen LogP contribution in [0.2, 0.25) is 0 Å². The van der Waals surface area contributed by atoms with Crippen LogP contribution in [-0.4, -0.2) is 5.96 Å². The molecule has 0 saturated heterocycles. The predicted molar refractivity (Wildman–Crippen MR) is 46.8 cm³/mol. The van der Waals surface area contributed by atoms with Crippen molar-refractivity contribution in [1.82, 2.24) is 0 Å². The molecule has 0 amide bonds. The molecule has 1 rings (SSSR count). The smallest absolute Gasteiger partial charge is 0.191 e. The van der Waals surface area contributed by atoms with Gasteiger partial charge in [0.1, 0.15) is 0 Å². The molecular weight excluding hydrogens is 138 g/mol. The van der Waals surface area contributed by atoms with Gasteiger partial charge >= 0.3 is 0 Å². The van der Waals surface area contributed by atoms with E-state index >= 15 is 0 Å². The van der Waals surface area contributed by atoms with Crippen LogP contribution in [0.5, 0.6) is 0 Å². The fraction of sp³-hybridized carbons (Fsp3) is 0.125. The lowest BCUT2D eigenvalue weighted by atomic mass is 10.1. The van der Waals surface area contributed by atoms with E-state index in [4.69, 9.17) is 11.5 Å². The highest BCUT2D eigenvalue weighted by molar-refractivity contribution is 5.77. The third-order valence-corrected chi connectivity index (χ3v) is 1.28. The zero-order chi connectivity index (χ0) is 8.27. The van der Waals surface area contributed by atoms with E-state index in [1.54, 1.807) is 0 Å². The molecule has 1 aliphatic rings. The van der Waals surface area contributed by atoms with Crippen LogP contribution < -0.4 is 11.5 Å². The number of nitrogens with zero attached hydrogens (tertiary/aromatic N) is 1. The highest BCUT2D eigenvalue weighted by atomic mass is 15.0. The molecule has 0 aromatic carbocycles. The van der Waals surface area contributed by atoms with Crippen molar-refractivity contribution in [2.45, 2.75) is 6.42 Å². The zero-order valence-corrected chi connectivity index (χ0v) is 6.25. The molecule has 0 aromatic rings. The van der Waals surface area contributed by atoms with Crippen LogP contribution in [0.1, 0.15) is 6.42 Å². The van der Waals surface area contributed by atoms with Gasteiger partial charge < -0.3 is 11.5 Å². The summed E-state index contributed by atoms with van der Waals surface area (Å²) in [6, 6.07) is 0. The molecule has 0 heterocycles. The molecule has 3 nitrogen and oxygen atoms in total. The van der Waals surface area contributed by atoms with Crippen molar-refractivity contribution >= 4 is 5.96 Å². The first-order chi connectivity index (χ1) is 5.18. The first kappa shape index (κ1) is 7.60. The van der Waals surface area contributed by atoms with Crippen molar-refractivity contribution in [1.29, 1.82) is 0 Å². The Morgan fingerprint density at radius 1 is 1.55 bits per heavy atom. The van der Waals surface area contributed by atoms with Crippen molar-refractivity contribution in [3.8, 4) is 0 Å². The highest BCUT2D eigenvalue weighted by Gasteiger charge is 1.97. The maximum Gasteiger partial charge on any atom is 0.191 e. The summed E-state index contributed by atoms with van der Waals surface area (Å²) in [6.07, 6.45) is 6.59. The molecule has 11 heavy (non-hydrogen) atoms. The minimum Gasteiger partial charge on any atom is -0.370 e. The second-order valence-electron chi connectivity index (χ2n) is 2.37. The highest BCUT2D eigenvalue weighted by Crippen LogP contribution is 2.13. The quantitative estimate of drug-likeness (QED) is 0.425. The second kappa shape index (κ2) is 3.05. The number of guanidine groups is 1. The van der Waals surface area contributed by atoms with Crippen LogP contribution in [0.25, 0.3) is 0 Å². The molecule has 0 aromatic heterocycles. The van der Waals surface area contributed by atoms with E-state index in [-0.39, 0.29) is 5.96 Å². The molecule has 3 heteroatoms. The number of nitrogens with two attached hydrogens (primary N) is 2. The minimum atomic E-state index is 0.0793. The van der Waals surface area contributed by atoms with Gasteiger partial charge in [-0.1, -0.05) is 12.7 Å². The Balaban J connectivity index is 2.80. The van der Waals surface area contributed by atoms with Crippen molar-refractivity contribution in [3.05, 3.63) is 36.1 Å². The number of hydrogen-bond acceptors (Lipinski definition) is 1. The Bertz CT molecular complexity index is 255. The largest absolute Gasteiger partial charge is 0.370 e. The summed E-state index contributed by atoms with van der Waals surface area (Å²) in [7, 11) is 0. The van der Waals surface area contributed by atoms with E-state index < -0.39 is 0 Å². The number of aliphatic imine (C=N–C) groups is 1. The van der Waals surface area contributed by atoms with Gasteiger partial charge in [0.05, 0.1) is 5.70 Å². The van der Waals surface area contributed by atoms with E-state index in [0.717, 1.165) is 17.7 Å². The lowest BCUT2D eigenvalue weighted by Gasteiger charge is -2.03. The van der Waals surface area contributed by atoms with Gasteiger partial charge in [-0.3, -0.25) is 0 Å². The van der Waals surface area contributed by atoms with Crippen molar-refractivity contribution in [3.63, 3.8) is 0 Å².